The van der Waals surface area contributed by atoms with E-state index in [1.165, 1.54) is 5.56 Å². The lowest BCUT2D eigenvalue weighted by Crippen LogP contribution is -1.98. The summed E-state index contributed by atoms with van der Waals surface area (Å²) in [6.45, 7) is 2.04. The Hall–Kier alpha value is -2.01. The van der Waals surface area contributed by atoms with Gasteiger partial charge in [0.2, 0.25) is 0 Å². The van der Waals surface area contributed by atoms with E-state index in [4.69, 9.17) is 5.26 Å². The first-order valence-corrected chi connectivity index (χ1v) is 4.91. The highest BCUT2D eigenvalue weighted by Crippen LogP contribution is 2.22. The number of hydrogen-bond acceptors (Lipinski definition) is 1. The van der Waals surface area contributed by atoms with Gasteiger partial charge in [-0.3, -0.25) is 0 Å². The van der Waals surface area contributed by atoms with Crippen LogP contribution in [0.2, 0.25) is 0 Å². The minimum Gasteiger partial charge on any atom is -0.364 e. The molecule has 0 saturated heterocycles. The van der Waals surface area contributed by atoms with E-state index in [0.717, 1.165) is 11.3 Å². The normalized spacial score (nSPS) is 12.0. The first-order valence-electron chi connectivity index (χ1n) is 4.91. The number of aromatic amines is 1. The van der Waals surface area contributed by atoms with E-state index in [2.05, 4.69) is 11.1 Å². The number of aryl methyl sites for hydroxylation is 1. The van der Waals surface area contributed by atoms with Gasteiger partial charge in [0.15, 0.2) is 0 Å². The summed E-state index contributed by atoms with van der Waals surface area (Å²) < 4.78 is 0. The van der Waals surface area contributed by atoms with Gasteiger partial charge in [-0.2, -0.15) is 5.26 Å². The average molecular weight is 196 g/mol. The summed E-state index contributed by atoms with van der Waals surface area (Å²) in [4.78, 5) is 3.08. The molecule has 0 radical (unpaired) electrons. The minimum atomic E-state index is -0.194. The monoisotopic (exact) mass is 196 g/mol. The van der Waals surface area contributed by atoms with E-state index in [0.29, 0.717) is 0 Å². The molecule has 1 aromatic heterocycles. The van der Waals surface area contributed by atoms with E-state index in [1.54, 1.807) is 0 Å². The van der Waals surface area contributed by atoms with Crippen molar-refractivity contribution < 1.29 is 0 Å². The second kappa shape index (κ2) is 4.02. The summed E-state index contributed by atoms with van der Waals surface area (Å²) in [6.07, 6.45) is 1.84. The van der Waals surface area contributed by atoms with Gasteiger partial charge < -0.3 is 4.98 Å². The van der Waals surface area contributed by atoms with Gasteiger partial charge in [-0.05, 0) is 24.6 Å². The van der Waals surface area contributed by atoms with Crippen LogP contribution in [0.1, 0.15) is 22.7 Å². The molecule has 2 rings (SSSR count). The minimum absolute atomic E-state index is 0.194. The number of benzene rings is 1. The zero-order valence-electron chi connectivity index (χ0n) is 8.57. The maximum atomic E-state index is 9.15. The molecule has 0 aliphatic carbocycles. The van der Waals surface area contributed by atoms with Crippen LogP contribution in [0.25, 0.3) is 0 Å². The molecule has 15 heavy (non-hydrogen) atoms. The van der Waals surface area contributed by atoms with Crippen LogP contribution in [-0.2, 0) is 0 Å². The number of nitrogens with zero attached hydrogens (tertiary/aromatic N) is 1. The predicted octanol–water partition coefficient (Wildman–Crippen LogP) is 2.98. The van der Waals surface area contributed by atoms with Gasteiger partial charge >= 0.3 is 0 Å². The van der Waals surface area contributed by atoms with Crippen LogP contribution in [0, 0.1) is 18.3 Å². The van der Waals surface area contributed by atoms with Crippen LogP contribution in [0.3, 0.4) is 0 Å². The van der Waals surface area contributed by atoms with Crippen molar-refractivity contribution in [3.8, 4) is 6.07 Å². The molecule has 2 heteroatoms. The molecule has 2 nitrogen and oxygen atoms in total. The van der Waals surface area contributed by atoms with E-state index in [-0.39, 0.29) is 5.92 Å². The van der Waals surface area contributed by atoms with Crippen LogP contribution in [-0.4, -0.2) is 4.98 Å². The first-order chi connectivity index (χ1) is 7.31. The second-order valence-corrected chi connectivity index (χ2v) is 3.60. The second-order valence-electron chi connectivity index (χ2n) is 3.60. The smallest absolute Gasteiger partial charge is 0.111 e. The summed E-state index contributed by atoms with van der Waals surface area (Å²) in [7, 11) is 0. The van der Waals surface area contributed by atoms with Gasteiger partial charge in [0.1, 0.15) is 5.92 Å². The predicted molar refractivity (Wildman–Crippen MR) is 59.4 cm³/mol. The number of H-pyrrole nitrogens is 1. The van der Waals surface area contributed by atoms with Crippen molar-refractivity contribution in [3.63, 3.8) is 0 Å². The maximum absolute atomic E-state index is 9.15. The molecule has 1 aromatic carbocycles. The Morgan fingerprint density at radius 1 is 1.20 bits per heavy atom. The number of aromatic nitrogens is 1. The highest BCUT2D eigenvalue weighted by molar-refractivity contribution is 5.35. The standard InChI is InChI=1S/C13H12N2/c1-10-4-6-11(7-5-10)12(9-14)13-3-2-8-15-13/h2-8,12,15H,1H3. The number of rotatable bonds is 2. The van der Waals surface area contributed by atoms with Crippen LogP contribution in [0.4, 0.5) is 0 Å². The SMILES string of the molecule is Cc1ccc(C(C#N)c2ccc[nH]2)cc1. The molecule has 0 aliphatic heterocycles. The lowest BCUT2D eigenvalue weighted by molar-refractivity contribution is 0.983. The number of nitriles is 1. The molecule has 0 fully saturated rings. The summed E-state index contributed by atoms with van der Waals surface area (Å²) in [5.74, 6) is -0.194. The molecule has 0 aliphatic rings. The lowest BCUT2D eigenvalue weighted by Gasteiger charge is -2.07. The molecule has 1 atom stereocenters. The molecule has 0 bridgehead atoms. The summed E-state index contributed by atoms with van der Waals surface area (Å²) in [5.41, 5.74) is 3.19. The third-order valence-electron chi connectivity index (χ3n) is 2.47. The van der Waals surface area contributed by atoms with Gasteiger partial charge in [-0.25, -0.2) is 0 Å². The van der Waals surface area contributed by atoms with Crippen LogP contribution in [0.5, 0.6) is 0 Å². The van der Waals surface area contributed by atoms with Crippen molar-refractivity contribution in [1.29, 1.82) is 5.26 Å². The lowest BCUT2D eigenvalue weighted by atomic mass is 9.97. The molecule has 1 unspecified atom stereocenters. The van der Waals surface area contributed by atoms with Crippen LogP contribution in [0.15, 0.2) is 42.6 Å². The molecular weight excluding hydrogens is 184 g/mol. The molecule has 0 spiro atoms. The highest BCUT2D eigenvalue weighted by Gasteiger charge is 2.13. The molecule has 2 aromatic rings. The van der Waals surface area contributed by atoms with Crippen LogP contribution >= 0.6 is 0 Å². The summed E-state index contributed by atoms with van der Waals surface area (Å²) >= 11 is 0. The zero-order valence-corrected chi connectivity index (χ0v) is 8.57. The topological polar surface area (TPSA) is 39.6 Å². The Morgan fingerprint density at radius 2 is 1.93 bits per heavy atom. The summed E-state index contributed by atoms with van der Waals surface area (Å²) in [6, 6.07) is 14.2. The Morgan fingerprint density at radius 3 is 2.47 bits per heavy atom. The fraction of sp³-hybridized carbons (Fsp3) is 0.154. The van der Waals surface area contributed by atoms with E-state index >= 15 is 0 Å². The molecular formula is C13H12N2. The van der Waals surface area contributed by atoms with Crippen molar-refractivity contribution >= 4 is 0 Å². The largest absolute Gasteiger partial charge is 0.364 e. The Labute approximate surface area is 89.2 Å². The van der Waals surface area contributed by atoms with Gasteiger partial charge in [-0.15, -0.1) is 0 Å². The van der Waals surface area contributed by atoms with Crippen molar-refractivity contribution in [2.75, 3.05) is 0 Å². The zero-order chi connectivity index (χ0) is 10.7. The number of nitrogens with one attached hydrogen (secondary N) is 1. The molecule has 0 amide bonds. The van der Waals surface area contributed by atoms with Crippen molar-refractivity contribution in [2.45, 2.75) is 12.8 Å². The third kappa shape index (κ3) is 1.92. The third-order valence-corrected chi connectivity index (χ3v) is 2.47. The highest BCUT2D eigenvalue weighted by atomic mass is 14.7. The number of hydrogen-bond donors (Lipinski definition) is 1. The Bertz CT molecular complexity index is 460. The fourth-order valence-corrected chi connectivity index (χ4v) is 1.61. The van der Waals surface area contributed by atoms with Gasteiger partial charge in [0.25, 0.3) is 0 Å². The average Bonchev–Trinajstić information content (AvgIpc) is 2.75. The van der Waals surface area contributed by atoms with E-state index in [1.807, 2.05) is 49.5 Å². The fourth-order valence-electron chi connectivity index (χ4n) is 1.61. The molecule has 1 heterocycles. The Kier molecular flexibility index (Phi) is 2.55. The summed E-state index contributed by atoms with van der Waals surface area (Å²) in [5, 5.41) is 9.15. The quantitative estimate of drug-likeness (QED) is 0.788. The molecule has 0 saturated carbocycles. The Balaban J connectivity index is 2.37. The van der Waals surface area contributed by atoms with Crippen molar-refractivity contribution in [1.82, 2.24) is 4.98 Å². The van der Waals surface area contributed by atoms with Gasteiger partial charge in [0, 0.05) is 11.9 Å². The first kappa shape index (κ1) is 9.54. The molecule has 74 valence electrons. The van der Waals surface area contributed by atoms with Gasteiger partial charge in [0.05, 0.1) is 6.07 Å². The van der Waals surface area contributed by atoms with Crippen LogP contribution < -0.4 is 0 Å². The van der Waals surface area contributed by atoms with E-state index < -0.39 is 0 Å². The van der Waals surface area contributed by atoms with Crippen molar-refractivity contribution in [2.24, 2.45) is 0 Å². The van der Waals surface area contributed by atoms with Crippen molar-refractivity contribution in [3.05, 3.63) is 59.4 Å². The maximum Gasteiger partial charge on any atom is 0.111 e. The van der Waals surface area contributed by atoms with Gasteiger partial charge in [-0.1, -0.05) is 29.8 Å². The molecule has 1 N–H and O–H groups in total. The van der Waals surface area contributed by atoms with E-state index in [9.17, 15) is 0 Å².